The Hall–Kier alpha value is -2.87. The van der Waals surface area contributed by atoms with E-state index in [2.05, 4.69) is 67.8 Å². The van der Waals surface area contributed by atoms with Gasteiger partial charge >= 0.3 is 18.0 Å². The molecule has 0 saturated heterocycles. The second kappa shape index (κ2) is 42.3. The quantitative estimate of drug-likeness (QED) is 0.0288. The molecule has 0 saturated carbocycles. The zero-order chi connectivity index (χ0) is 40.3. The largest absolute Gasteiger partial charge is 0.466 e. The van der Waals surface area contributed by atoms with Gasteiger partial charge in [-0.3, -0.25) is 4.79 Å². The highest BCUT2D eigenvalue weighted by Crippen LogP contribution is 2.11. The minimum Gasteiger partial charge on any atom is -0.466 e. The molecule has 0 fully saturated rings. The molecule has 0 aromatic heterocycles. The Labute approximate surface area is 338 Å². The van der Waals surface area contributed by atoms with Gasteiger partial charge < -0.3 is 24.4 Å². The second-order valence-corrected chi connectivity index (χ2v) is 15.1. The van der Waals surface area contributed by atoms with Crippen LogP contribution in [0.5, 0.6) is 0 Å². The van der Waals surface area contributed by atoms with Gasteiger partial charge in [0.25, 0.3) is 0 Å². The summed E-state index contributed by atoms with van der Waals surface area (Å²) in [4.78, 5) is 39.9. The summed E-state index contributed by atoms with van der Waals surface area (Å²) >= 11 is 0. The average molecular weight is 773 g/mol. The van der Waals surface area contributed by atoms with Crippen LogP contribution < -0.4 is 5.32 Å². The van der Waals surface area contributed by atoms with E-state index in [4.69, 9.17) is 14.2 Å². The second-order valence-electron chi connectivity index (χ2n) is 15.1. The molecule has 0 rings (SSSR count). The third kappa shape index (κ3) is 40.6. The third-order valence-corrected chi connectivity index (χ3v) is 9.39. The lowest BCUT2D eigenvalue weighted by Crippen LogP contribution is -2.42. The van der Waals surface area contributed by atoms with Crippen LogP contribution >= 0.6 is 0 Å². The van der Waals surface area contributed by atoms with Gasteiger partial charge in [-0.2, -0.15) is 0 Å². The molecule has 0 radical (unpaired) electrons. The van der Waals surface area contributed by atoms with Crippen molar-refractivity contribution >= 4 is 18.0 Å². The number of hydrogen-bond donors (Lipinski definition) is 1. The van der Waals surface area contributed by atoms with E-state index in [1.54, 1.807) is 0 Å². The van der Waals surface area contributed by atoms with E-state index in [-0.39, 0.29) is 25.4 Å². The number of rotatable bonds is 39. The average Bonchev–Trinajstić information content (AvgIpc) is 3.17. The molecule has 0 spiro atoms. The van der Waals surface area contributed by atoms with Crippen LogP contribution in [0.3, 0.4) is 0 Å². The summed E-state index contributed by atoms with van der Waals surface area (Å²) in [5.41, 5.74) is 0. The number of esters is 2. The Morgan fingerprint density at radius 1 is 0.509 bits per heavy atom. The van der Waals surface area contributed by atoms with Gasteiger partial charge in [0.15, 0.2) is 0 Å². The molecule has 0 aromatic rings. The third-order valence-electron chi connectivity index (χ3n) is 9.39. The molecule has 55 heavy (non-hydrogen) atoms. The minimum absolute atomic E-state index is 0.0216. The molecule has 0 unspecified atom stereocenters. The van der Waals surface area contributed by atoms with Crippen LogP contribution in [-0.4, -0.2) is 69.4 Å². The van der Waals surface area contributed by atoms with Crippen LogP contribution in [0.4, 0.5) is 4.79 Å². The summed E-state index contributed by atoms with van der Waals surface area (Å²) < 4.78 is 16.2. The SMILES string of the molecule is CCCCC/C=C\C/C=C\CCCCCCCCOC(=O)CC[C@H](NC(=O)OCCCN(C)C)C(=O)OCCCCCCCC/C=C\C/C=C\CCCCC. The van der Waals surface area contributed by atoms with E-state index in [1.807, 2.05) is 19.0 Å². The van der Waals surface area contributed by atoms with Gasteiger partial charge in [-0.1, -0.05) is 140 Å². The molecular weight excluding hydrogens is 689 g/mol. The number of alkyl carbamates (subject to hydrolysis) is 1. The van der Waals surface area contributed by atoms with Crippen LogP contribution in [0.15, 0.2) is 48.6 Å². The molecule has 0 aromatic carbocycles. The predicted molar refractivity (Wildman–Crippen MR) is 231 cm³/mol. The van der Waals surface area contributed by atoms with Gasteiger partial charge in [0.05, 0.1) is 19.8 Å². The highest BCUT2D eigenvalue weighted by Gasteiger charge is 2.24. The number of amides is 1. The Kier molecular flexibility index (Phi) is 40.1. The predicted octanol–water partition coefficient (Wildman–Crippen LogP) is 12.5. The van der Waals surface area contributed by atoms with Crippen molar-refractivity contribution in [2.45, 2.75) is 193 Å². The maximum Gasteiger partial charge on any atom is 0.407 e. The maximum atomic E-state index is 12.9. The highest BCUT2D eigenvalue weighted by atomic mass is 16.6. The number of carbonyl (C=O) groups is 3. The van der Waals surface area contributed by atoms with Crippen molar-refractivity contribution in [1.82, 2.24) is 10.2 Å². The number of nitrogens with zero attached hydrogens (tertiary/aromatic N) is 1. The first-order chi connectivity index (χ1) is 26.9. The minimum atomic E-state index is -0.958. The lowest BCUT2D eigenvalue weighted by atomic mass is 10.1. The van der Waals surface area contributed by atoms with Crippen LogP contribution in [-0.2, 0) is 23.8 Å². The van der Waals surface area contributed by atoms with Crippen molar-refractivity contribution in [2.24, 2.45) is 0 Å². The van der Waals surface area contributed by atoms with Crippen LogP contribution in [0.25, 0.3) is 0 Å². The van der Waals surface area contributed by atoms with Crippen LogP contribution in [0.2, 0.25) is 0 Å². The first-order valence-corrected chi connectivity index (χ1v) is 22.4. The molecule has 8 nitrogen and oxygen atoms in total. The summed E-state index contributed by atoms with van der Waals surface area (Å²) in [6.07, 6.45) is 45.9. The van der Waals surface area contributed by atoms with Crippen molar-refractivity contribution in [2.75, 3.05) is 40.5 Å². The topological polar surface area (TPSA) is 94.2 Å². The van der Waals surface area contributed by atoms with E-state index in [1.165, 1.54) is 89.9 Å². The maximum absolute atomic E-state index is 12.9. The Morgan fingerprint density at radius 2 is 0.927 bits per heavy atom. The van der Waals surface area contributed by atoms with Gasteiger partial charge in [-0.25, -0.2) is 9.59 Å². The molecule has 8 heteroatoms. The molecule has 0 aliphatic rings. The van der Waals surface area contributed by atoms with Gasteiger partial charge in [0.1, 0.15) is 6.04 Å². The molecule has 0 aliphatic heterocycles. The molecule has 1 atom stereocenters. The lowest BCUT2D eigenvalue weighted by molar-refractivity contribution is -0.147. The zero-order valence-corrected chi connectivity index (χ0v) is 36.0. The standard InChI is InChI=1S/C47H84N2O6/c1-5-7-9-11-13-15-17-19-21-23-25-27-29-31-33-35-41-53-45(50)39-38-44(48-47(52)55-43-37-40-49(3)4)46(51)54-42-36-34-32-30-28-26-24-22-20-18-16-14-12-10-8-6-2/h13-16,19-22,44H,5-12,17-18,23-43H2,1-4H3,(H,48,52)/b15-13-,16-14-,21-19-,22-20-/t44-/m0/s1. The summed E-state index contributed by atoms with van der Waals surface area (Å²) in [6.45, 7) is 6.17. The number of nitrogens with one attached hydrogen (secondary N) is 1. The van der Waals surface area contributed by atoms with Crippen molar-refractivity contribution in [3.63, 3.8) is 0 Å². The monoisotopic (exact) mass is 773 g/mol. The smallest absolute Gasteiger partial charge is 0.407 e. The molecule has 318 valence electrons. The van der Waals surface area contributed by atoms with Gasteiger partial charge in [-0.15, -0.1) is 0 Å². The van der Waals surface area contributed by atoms with Crippen LogP contribution in [0.1, 0.15) is 187 Å². The fourth-order valence-electron chi connectivity index (χ4n) is 5.95. The van der Waals surface area contributed by atoms with Crippen molar-refractivity contribution in [1.29, 1.82) is 0 Å². The van der Waals surface area contributed by atoms with E-state index in [0.717, 1.165) is 70.8 Å². The van der Waals surface area contributed by atoms with Crippen molar-refractivity contribution in [3.8, 4) is 0 Å². The molecule has 0 aliphatic carbocycles. The normalized spacial score (nSPS) is 12.5. The molecule has 1 amide bonds. The summed E-state index contributed by atoms with van der Waals surface area (Å²) in [5, 5.41) is 2.62. The van der Waals surface area contributed by atoms with Gasteiger partial charge in [-0.05, 0) is 104 Å². The Balaban J connectivity index is 4.22. The summed E-state index contributed by atoms with van der Waals surface area (Å²) in [6, 6.07) is -0.958. The van der Waals surface area contributed by atoms with Crippen LogP contribution in [0, 0.1) is 0 Å². The molecule has 0 heterocycles. The fraction of sp³-hybridized carbons (Fsp3) is 0.766. The summed E-state index contributed by atoms with van der Waals surface area (Å²) in [7, 11) is 3.91. The summed E-state index contributed by atoms with van der Waals surface area (Å²) in [5.74, 6) is -0.905. The number of carbonyl (C=O) groups excluding carboxylic acids is 3. The van der Waals surface area contributed by atoms with Crippen molar-refractivity contribution in [3.05, 3.63) is 48.6 Å². The van der Waals surface area contributed by atoms with E-state index in [0.29, 0.717) is 19.6 Å². The number of unbranched alkanes of at least 4 members (excludes halogenated alkanes) is 18. The first-order valence-electron chi connectivity index (χ1n) is 22.4. The number of hydrogen-bond acceptors (Lipinski definition) is 7. The number of allylic oxidation sites excluding steroid dienone is 8. The zero-order valence-electron chi connectivity index (χ0n) is 36.0. The lowest BCUT2D eigenvalue weighted by Gasteiger charge is -2.18. The van der Waals surface area contributed by atoms with E-state index < -0.39 is 18.1 Å². The number of ether oxygens (including phenoxy) is 3. The highest BCUT2D eigenvalue weighted by molar-refractivity contribution is 5.82. The first kappa shape index (κ1) is 52.1. The van der Waals surface area contributed by atoms with Gasteiger partial charge in [0, 0.05) is 13.0 Å². The molecular formula is C47H84N2O6. The molecule has 0 bridgehead atoms. The molecule has 1 N–H and O–H groups in total. The Morgan fingerprint density at radius 3 is 1.40 bits per heavy atom. The van der Waals surface area contributed by atoms with E-state index in [9.17, 15) is 14.4 Å². The van der Waals surface area contributed by atoms with E-state index >= 15 is 0 Å². The Bertz CT molecular complexity index is 1010. The van der Waals surface area contributed by atoms with Gasteiger partial charge in [0.2, 0.25) is 0 Å². The fourth-order valence-corrected chi connectivity index (χ4v) is 5.95. The van der Waals surface area contributed by atoms with Crippen molar-refractivity contribution < 1.29 is 28.6 Å².